The van der Waals surface area contributed by atoms with Gasteiger partial charge in [-0.05, 0) is 23.6 Å². The van der Waals surface area contributed by atoms with E-state index in [0.717, 1.165) is 16.7 Å². The van der Waals surface area contributed by atoms with Crippen molar-refractivity contribution in [2.75, 3.05) is 47.5 Å². The van der Waals surface area contributed by atoms with Crippen molar-refractivity contribution >= 4 is 11.8 Å². The molecule has 1 atom stereocenters. The first kappa shape index (κ1) is 23.0. The molecule has 1 unspecified atom stereocenters. The Bertz CT molecular complexity index is 910. The van der Waals surface area contributed by atoms with Crippen LogP contribution in [0, 0.1) is 6.92 Å². The summed E-state index contributed by atoms with van der Waals surface area (Å²) in [6.45, 7) is 3.48. The minimum absolute atomic E-state index is 0.0190. The normalized spacial score (nSPS) is 18.6. The van der Waals surface area contributed by atoms with Gasteiger partial charge < -0.3 is 19.3 Å². The van der Waals surface area contributed by atoms with Gasteiger partial charge in [0.05, 0.1) is 26.2 Å². The predicted octanol–water partition coefficient (Wildman–Crippen LogP) is 2.93. The second-order valence-electron chi connectivity index (χ2n) is 8.34. The van der Waals surface area contributed by atoms with E-state index in [4.69, 9.17) is 9.47 Å². The maximum Gasteiger partial charge on any atom is 0.256 e. The molecule has 31 heavy (non-hydrogen) atoms. The molecule has 0 aromatic heterocycles. The Morgan fingerprint density at radius 1 is 1.13 bits per heavy atom. The molecule has 6 heteroatoms. The molecule has 0 N–H and O–H groups in total. The molecular formula is C25H32N2O4. The number of carbonyl (C=O) groups excluding carboxylic acids is 2. The highest BCUT2D eigenvalue weighted by atomic mass is 16.5. The second kappa shape index (κ2) is 10.1. The Labute approximate surface area is 184 Å². The third-order valence-electron chi connectivity index (χ3n) is 5.66. The van der Waals surface area contributed by atoms with E-state index in [2.05, 4.69) is 43.3 Å². The Hall–Kier alpha value is -2.70. The van der Waals surface area contributed by atoms with Crippen LogP contribution in [0.3, 0.4) is 0 Å². The zero-order valence-corrected chi connectivity index (χ0v) is 18.9. The Morgan fingerprint density at radius 3 is 2.55 bits per heavy atom. The highest BCUT2D eigenvalue weighted by Crippen LogP contribution is 2.28. The zero-order valence-electron chi connectivity index (χ0n) is 18.9. The number of benzene rings is 2. The summed E-state index contributed by atoms with van der Waals surface area (Å²) in [4.78, 5) is 29.1. The lowest BCUT2D eigenvalue weighted by molar-refractivity contribution is -0.172. The van der Waals surface area contributed by atoms with Gasteiger partial charge in [0.2, 0.25) is 5.91 Å². The molecule has 0 bridgehead atoms. The van der Waals surface area contributed by atoms with E-state index in [1.54, 1.807) is 31.0 Å². The molecule has 6 nitrogen and oxygen atoms in total. The van der Waals surface area contributed by atoms with Crippen molar-refractivity contribution in [3.05, 3.63) is 59.7 Å². The van der Waals surface area contributed by atoms with Crippen molar-refractivity contribution in [1.29, 1.82) is 0 Å². The van der Waals surface area contributed by atoms with Crippen LogP contribution in [0.15, 0.2) is 48.5 Å². The monoisotopic (exact) mass is 424 g/mol. The number of hydrogen-bond acceptors (Lipinski definition) is 4. The van der Waals surface area contributed by atoms with Gasteiger partial charge in [-0.25, -0.2) is 0 Å². The van der Waals surface area contributed by atoms with Crippen LogP contribution >= 0.6 is 0 Å². The standard InChI is InChI=1S/C25H32N2O4/c1-19-8-10-21(11-9-19)22-7-5-6-20(16-22)17-25(24(29)26(2)3)18-27(13-15-31-25)23(28)12-14-30-4/h5-11,16H,12-15,17-18H2,1-4H3. The fraction of sp³-hybridized carbons (Fsp3) is 0.440. The van der Waals surface area contributed by atoms with Gasteiger partial charge in [0.1, 0.15) is 0 Å². The summed E-state index contributed by atoms with van der Waals surface area (Å²) in [5, 5.41) is 0. The second-order valence-corrected chi connectivity index (χ2v) is 8.34. The third kappa shape index (κ3) is 5.51. The number of carbonyl (C=O) groups is 2. The van der Waals surface area contributed by atoms with E-state index >= 15 is 0 Å². The molecule has 2 aromatic rings. The van der Waals surface area contributed by atoms with Gasteiger partial charge in [-0.1, -0.05) is 54.1 Å². The van der Waals surface area contributed by atoms with Crippen LogP contribution in [-0.2, 0) is 25.5 Å². The Kier molecular flexibility index (Phi) is 7.46. The van der Waals surface area contributed by atoms with Gasteiger partial charge in [0, 0.05) is 34.2 Å². The highest BCUT2D eigenvalue weighted by molar-refractivity contribution is 5.87. The van der Waals surface area contributed by atoms with Crippen LogP contribution in [0.5, 0.6) is 0 Å². The summed E-state index contributed by atoms with van der Waals surface area (Å²) in [5.74, 6) is -0.146. The average Bonchev–Trinajstić information content (AvgIpc) is 2.77. The van der Waals surface area contributed by atoms with Crippen molar-refractivity contribution in [2.45, 2.75) is 25.4 Å². The third-order valence-corrected chi connectivity index (χ3v) is 5.66. The summed E-state index contributed by atoms with van der Waals surface area (Å²) in [7, 11) is 5.03. The summed E-state index contributed by atoms with van der Waals surface area (Å²) in [6.07, 6.45) is 0.698. The van der Waals surface area contributed by atoms with E-state index < -0.39 is 5.60 Å². The number of aryl methyl sites for hydroxylation is 1. The quantitative estimate of drug-likeness (QED) is 0.686. The van der Waals surface area contributed by atoms with E-state index in [9.17, 15) is 9.59 Å². The van der Waals surface area contributed by atoms with Crippen LogP contribution < -0.4 is 0 Å². The molecule has 0 saturated carbocycles. The van der Waals surface area contributed by atoms with Crippen molar-refractivity contribution < 1.29 is 19.1 Å². The molecule has 1 heterocycles. The van der Waals surface area contributed by atoms with Gasteiger partial charge in [-0.15, -0.1) is 0 Å². The molecule has 3 rings (SSSR count). The van der Waals surface area contributed by atoms with Gasteiger partial charge in [-0.3, -0.25) is 9.59 Å². The van der Waals surface area contributed by atoms with Gasteiger partial charge in [-0.2, -0.15) is 0 Å². The van der Waals surface area contributed by atoms with Crippen LogP contribution in [0.25, 0.3) is 11.1 Å². The molecule has 1 aliphatic heterocycles. The summed E-state index contributed by atoms with van der Waals surface area (Å²) < 4.78 is 11.2. The lowest BCUT2D eigenvalue weighted by Crippen LogP contribution is -2.61. The average molecular weight is 425 g/mol. The van der Waals surface area contributed by atoms with Gasteiger partial charge >= 0.3 is 0 Å². The van der Waals surface area contributed by atoms with Crippen molar-refractivity contribution in [3.63, 3.8) is 0 Å². The molecule has 1 saturated heterocycles. The number of likely N-dealkylation sites (N-methyl/N-ethyl adjacent to an activating group) is 1. The van der Waals surface area contributed by atoms with Crippen LogP contribution in [0.4, 0.5) is 0 Å². The summed E-state index contributed by atoms with van der Waals surface area (Å²) >= 11 is 0. The fourth-order valence-corrected chi connectivity index (χ4v) is 4.00. The molecule has 1 aliphatic rings. The number of ether oxygens (including phenoxy) is 2. The molecule has 0 aliphatic carbocycles. The molecule has 2 aromatic carbocycles. The van der Waals surface area contributed by atoms with E-state index in [1.807, 2.05) is 12.1 Å². The maximum atomic E-state index is 13.2. The minimum Gasteiger partial charge on any atom is -0.384 e. The lowest BCUT2D eigenvalue weighted by Gasteiger charge is -2.43. The van der Waals surface area contributed by atoms with Crippen molar-refractivity contribution in [2.24, 2.45) is 0 Å². The first-order chi connectivity index (χ1) is 14.8. The zero-order chi connectivity index (χ0) is 22.4. The molecule has 166 valence electrons. The Balaban J connectivity index is 1.88. The number of nitrogens with zero attached hydrogens (tertiary/aromatic N) is 2. The van der Waals surface area contributed by atoms with E-state index in [-0.39, 0.29) is 18.4 Å². The molecule has 1 fully saturated rings. The number of amides is 2. The Morgan fingerprint density at radius 2 is 1.87 bits per heavy atom. The van der Waals surface area contributed by atoms with Crippen molar-refractivity contribution in [1.82, 2.24) is 9.80 Å². The predicted molar refractivity (Wildman–Crippen MR) is 121 cm³/mol. The topological polar surface area (TPSA) is 59.1 Å². The minimum atomic E-state index is -1.10. The largest absolute Gasteiger partial charge is 0.384 e. The number of hydrogen-bond donors (Lipinski definition) is 0. The fourth-order valence-electron chi connectivity index (χ4n) is 4.00. The highest BCUT2D eigenvalue weighted by Gasteiger charge is 2.45. The van der Waals surface area contributed by atoms with E-state index in [1.165, 1.54) is 5.56 Å². The van der Waals surface area contributed by atoms with Crippen LogP contribution in [0.1, 0.15) is 17.5 Å². The summed E-state index contributed by atoms with van der Waals surface area (Å²) in [5.41, 5.74) is 3.33. The smallest absolute Gasteiger partial charge is 0.256 e. The van der Waals surface area contributed by atoms with Gasteiger partial charge in [0.25, 0.3) is 5.91 Å². The van der Waals surface area contributed by atoms with Gasteiger partial charge in [0.15, 0.2) is 5.60 Å². The number of morpholine rings is 1. The van der Waals surface area contributed by atoms with Crippen LogP contribution in [0.2, 0.25) is 0 Å². The SMILES string of the molecule is COCCC(=O)N1CCOC(Cc2cccc(-c3ccc(C)cc3)c2)(C(=O)N(C)C)C1. The summed E-state index contributed by atoms with van der Waals surface area (Å²) in [6, 6.07) is 16.6. The molecule has 0 radical (unpaired) electrons. The number of methoxy groups -OCH3 is 1. The lowest BCUT2D eigenvalue weighted by atomic mass is 9.89. The maximum absolute atomic E-state index is 13.2. The molecular weight excluding hydrogens is 392 g/mol. The van der Waals surface area contributed by atoms with Crippen molar-refractivity contribution in [3.8, 4) is 11.1 Å². The van der Waals surface area contributed by atoms with E-state index in [0.29, 0.717) is 32.6 Å². The molecule has 0 spiro atoms. The first-order valence-electron chi connectivity index (χ1n) is 10.6. The number of rotatable bonds is 7. The van der Waals surface area contributed by atoms with Crippen LogP contribution in [-0.4, -0.2) is 74.7 Å². The first-order valence-corrected chi connectivity index (χ1v) is 10.6. The molecule has 2 amide bonds.